The molecule has 0 bridgehead atoms. The van der Waals surface area contributed by atoms with Crippen molar-refractivity contribution in [2.24, 2.45) is 0 Å². The minimum absolute atomic E-state index is 0.183. The van der Waals surface area contributed by atoms with Crippen LogP contribution in [-0.2, 0) is 0 Å². The van der Waals surface area contributed by atoms with Crippen molar-refractivity contribution in [1.29, 1.82) is 0 Å². The Morgan fingerprint density at radius 2 is 2.25 bits per heavy atom. The molecule has 1 aromatic carbocycles. The smallest absolute Gasteiger partial charge is 0.256 e. The number of benzene rings is 1. The van der Waals surface area contributed by atoms with Gasteiger partial charge in [-0.2, -0.15) is 0 Å². The third-order valence-corrected chi connectivity index (χ3v) is 3.87. The van der Waals surface area contributed by atoms with Crippen molar-refractivity contribution in [3.63, 3.8) is 0 Å². The average molecular weight is 278 g/mol. The van der Waals surface area contributed by atoms with E-state index in [1.165, 1.54) is 18.9 Å². The molecule has 20 heavy (non-hydrogen) atoms. The van der Waals surface area contributed by atoms with Crippen LogP contribution in [0.25, 0.3) is 0 Å². The molecule has 1 amide bonds. The van der Waals surface area contributed by atoms with E-state index in [4.69, 9.17) is 0 Å². The maximum Gasteiger partial charge on any atom is 0.256 e. The van der Waals surface area contributed by atoms with Gasteiger partial charge in [-0.15, -0.1) is 0 Å². The van der Waals surface area contributed by atoms with Gasteiger partial charge in [-0.25, -0.2) is 4.39 Å². The summed E-state index contributed by atoms with van der Waals surface area (Å²) < 4.78 is 13.8. The van der Waals surface area contributed by atoms with Gasteiger partial charge in [0.05, 0.1) is 5.56 Å². The molecular formula is C16H23FN2O. The lowest BCUT2D eigenvalue weighted by atomic mass is 10.0. The second-order valence-electron chi connectivity index (χ2n) is 5.47. The van der Waals surface area contributed by atoms with Crippen LogP contribution in [0.15, 0.2) is 18.2 Å². The summed E-state index contributed by atoms with van der Waals surface area (Å²) in [5, 5.41) is 3.43. The zero-order chi connectivity index (χ0) is 14.5. The monoisotopic (exact) mass is 278 g/mol. The van der Waals surface area contributed by atoms with Gasteiger partial charge in [0.25, 0.3) is 5.91 Å². The number of piperidine rings is 1. The molecule has 0 aromatic heterocycles. The van der Waals surface area contributed by atoms with Gasteiger partial charge in [-0.05, 0) is 45.4 Å². The Morgan fingerprint density at radius 3 is 2.90 bits per heavy atom. The fourth-order valence-electron chi connectivity index (χ4n) is 2.67. The summed E-state index contributed by atoms with van der Waals surface area (Å²) in [5.74, 6) is -0.642. The van der Waals surface area contributed by atoms with Crippen LogP contribution >= 0.6 is 0 Å². The van der Waals surface area contributed by atoms with E-state index in [1.807, 2.05) is 13.8 Å². The normalized spacial score (nSPS) is 18.9. The van der Waals surface area contributed by atoms with Gasteiger partial charge in [0, 0.05) is 19.1 Å². The molecule has 0 spiro atoms. The first kappa shape index (κ1) is 15.0. The third kappa shape index (κ3) is 3.57. The summed E-state index contributed by atoms with van der Waals surface area (Å²) in [6.07, 6.45) is 3.48. The largest absolute Gasteiger partial charge is 0.337 e. The number of aryl methyl sites for hydroxylation is 1. The van der Waals surface area contributed by atoms with Gasteiger partial charge in [0.2, 0.25) is 0 Å². The van der Waals surface area contributed by atoms with Crippen LogP contribution in [0.3, 0.4) is 0 Å². The van der Waals surface area contributed by atoms with Crippen molar-refractivity contribution >= 4 is 5.91 Å². The Hall–Kier alpha value is -1.42. The Morgan fingerprint density at radius 1 is 1.45 bits per heavy atom. The van der Waals surface area contributed by atoms with Crippen molar-refractivity contribution in [3.05, 3.63) is 35.1 Å². The van der Waals surface area contributed by atoms with Crippen molar-refractivity contribution in [2.45, 2.75) is 39.2 Å². The lowest BCUT2D eigenvalue weighted by molar-refractivity contribution is 0.0736. The molecule has 2 rings (SSSR count). The summed E-state index contributed by atoms with van der Waals surface area (Å²) in [4.78, 5) is 14.2. The Bertz CT molecular complexity index is 470. The van der Waals surface area contributed by atoms with E-state index in [1.54, 1.807) is 17.0 Å². The van der Waals surface area contributed by atoms with Gasteiger partial charge >= 0.3 is 0 Å². The minimum Gasteiger partial charge on any atom is -0.337 e. The van der Waals surface area contributed by atoms with Gasteiger partial charge in [0.15, 0.2) is 0 Å². The first-order chi connectivity index (χ1) is 9.61. The van der Waals surface area contributed by atoms with E-state index in [2.05, 4.69) is 5.32 Å². The molecule has 0 aliphatic carbocycles. The van der Waals surface area contributed by atoms with Crippen LogP contribution in [0.1, 0.15) is 42.1 Å². The van der Waals surface area contributed by atoms with Crippen molar-refractivity contribution < 1.29 is 9.18 Å². The quantitative estimate of drug-likeness (QED) is 0.918. The van der Waals surface area contributed by atoms with Gasteiger partial charge in [0.1, 0.15) is 5.82 Å². The highest BCUT2D eigenvalue weighted by atomic mass is 19.1. The first-order valence-corrected chi connectivity index (χ1v) is 7.40. The van der Waals surface area contributed by atoms with Crippen LogP contribution in [0.4, 0.5) is 4.39 Å². The number of nitrogens with one attached hydrogen (secondary N) is 1. The summed E-state index contributed by atoms with van der Waals surface area (Å²) >= 11 is 0. The van der Waals surface area contributed by atoms with Crippen LogP contribution in [0.2, 0.25) is 0 Å². The van der Waals surface area contributed by atoms with E-state index >= 15 is 0 Å². The topological polar surface area (TPSA) is 32.3 Å². The zero-order valence-electron chi connectivity index (χ0n) is 12.3. The first-order valence-electron chi connectivity index (χ1n) is 7.40. The van der Waals surface area contributed by atoms with Gasteiger partial charge in [-0.1, -0.05) is 18.1 Å². The van der Waals surface area contributed by atoms with E-state index < -0.39 is 5.82 Å². The molecule has 1 aliphatic rings. The van der Waals surface area contributed by atoms with E-state index in [-0.39, 0.29) is 11.5 Å². The second-order valence-corrected chi connectivity index (χ2v) is 5.47. The standard InChI is InChI=1S/C16H23FN2O/c1-3-19(11-13-6-4-5-9-18-13)16(20)14-10-12(2)7-8-15(14)17/h7-8,10,13,18H,3-6,9,11H2,1-2H3. The molecule has 1 saturated heterocycles. The number of hydrogen-bond acceptors (Lipinski definition) is 2. The molecule has 1 fully saturated rings. The van der Waals surface area contributed by atoms with Crippen LogP contribution in [0, 0.1) is 12.7 Å². The SMILES string of the molecule is CCN(CC1CCCCN1)C(=O)c1cc(C)ccc1F. The van der Waals surface area contributed by atoms with Crippen LogP contribution in [0.5, 0.6) is 0 Å². The van der Waals surface area contributed by atoms with Gasteiger partial charge in [-0.3, -0.25) is 4.79 Å². The van der Waals surface area contributed by atoms with Crippen molar-refractivity contribution in [3.8, 4) is 0 Å². The molecule has 0 saturated carbocycles. The maximum atomic E-state index is 13.8. The number of rotatable bonds is 4. The molecule has 4 heteroatoms. The number of carbonyl (C=O) groups excluding carboxylic acids is 1. The lowest BCUT2D eigenvalue weighted by Crippen LogP contribution is -2.45. The summed E-state index contributed by atoms with van der Waals surface area (Å²) in [6.45, 7) is 6.08. The molecule has 1 aliphatic heterocycles. The minimum atomic E-state index is -0.435. The summed E-state index contributed by atoms with van der Waals surface area (Å²) in [5.41, 5.74) is 1.09. The number of halogens is 1. The number of nitrogens with zero attached hydrogens (tertiary/aromatic N) is 1. The van der Waals surface area contributed by atoms with Crippen LogP contribution < -0.4 is 5.32 Å². The zero-order valence-corrected chi connectivity index (χ0v) is 12.3. The molecule has 0 radical (unpaired) electrons. The number of amides is 1. The molecule has 110 valence electrons. The Balaban J connectivity index is 2.09. The molecule has 1 unspecified atom stereocenters. The highest BCUT2D eigenvalue weighted by molar-refractivity contribution is 5.94. The fraction of sp³-hybridized carbons (Fsp3) is 0.562. The van der Waals surface area contributed by atoms with Crippen molar-refractivity contribution in [2.75, 3.05) is 19.6 Å². The van der Waals surface area contributed by atoms with E-state index in [9.17, 15) is 9.18 Å². The average Bonchev–Trinajstić information content (AvgIpc) is 2.47. The molecule has 3 nitrogen and oxygen atoms in total. The Kier molecular flexibility index (Phi) is 5.12. The van der Waals surface area contributed by atoms with Crippen molar-refractivity contribution in [1.82, 2.24) is 10.2 Å². The highest BCUT2D eigenvalue weighted by Gasteiger charge is 2.22. The van der Waals surface area contributed by atoms with Crippen LogP contribution in [-0.4, -0.2) is 36.5 Å². The molecular weight excluding hydrogens is 255 g/mol. The van der Waals surface area contributed by atoms with E-state index in [0.29, 0.717) is 19.1 Å². The predicted octanol–water partition coefficient (Wildman–Crippen LogP) is 2.74. The number of carbonyl (C=O) groups is 1. The second kappa shape index (κ2) is 6.84. The molecule has 1 aromatic rings. The maximum absolute atomic E-state index is 13.8. The summed E-state index contributed by atoms with van der Waals surface area (Å²) in [6, 6.07) is 5.02. The van der Waals surface area contributed by atoms with Gasteiger partial charge < -0.3 is 10.2 Å². The third-order valence-electron chi connectivity index (χ3n) is 3.87. The predicted molar refractivity (Wildman–Crippen MR) is 78.4 cm³/mol. The molecule has 1 N–H and O–H groups in total. The molecule has 1 heterocycles. The van der Waals surface area contributed by atoms with E-state index in [0.717, 1.165) is 18.5 Å². The number of hydrogen-bond donors (Lipinski definition) is 1. The lowest BCUT2D eigenvalue weighted by Gasteiger charge is -2.30. The Labute approximate surface area is 120 Å². The fourth-order valence-corrected chi connectivity index (χ4v) is 2.67. The summed E-state index contributed by atoms with van der Waals surface area (Å²) in [7, 11) is 0. The highest BCUT2D eigenvalue weighted by Crippen LogP contribution is 2.15. The molecule has 1 atom stereocenters. The number of likely N-dealkylation sites (N-methyl/N-ethyl adjacent to an activating group) is 1.